The molecule has 0 aliphatic carbocycles. The number of aromatic nitrogens is 2. The van der Waals surface area contributed by atoms with Crippen LogP contribution in [0.1, 0.15) is 18.4 Å². The highest BCUT2D eigenvalue weighted by Gasteiger charge is 2.34. The molecule has 1 saturated heterocycles. The number of ether oxygens (including phenoxy) is 1. The van der Waals surface area contributed by atoms with Gasteiger partial charge in [-0.1, -0.05) is 18.2 Å². The number of carbonyl (C=O) groups excluding carboxylic acids is 1. The normalized spacial score (nSPS) is 17.7. The van der Waals surface area contributed by atoms with Gasteiger partial charge in [0.25, 0.3) is 0 Å². The fourth-order valence-electron chi connectivity index (χ4n) is 3.62. The summed E-state index contributed by atoms with van der Waals surface area (Å²) < 4.78 is 37.6. The first-order valence-electron chi connectivity index (χ1n) is 9.61. The Kier molecular flexibility index (Phi) is 5.69. The third kappa shape index (κ3) is 4.01. The van der Waals surface area contributed by atoms with Crippen LogP contribution < -0.4 is 10.1 Å². The minimum absolute atomic E-state index is 0.0405. The molecule has 1 atom stereocenters. The van der Waals surface area contributed by atoms with Crippen LogP contribution in [0, 0.1) is 5.92 Å². The molecule has 2 aromatic carbocycles. The van der Waals surface area contributed by atoms with Crippen molar-refractivity contribution in [2.24, 2.45) is 5.92 Å². The van der Waals surface area contributed by atoms with Crippen molar-refractivity contribution in [3.8, 4) is 5.75 Å². The zero-order chi connectivity index (χ0) is 21.1. The first-order chi connectivity index (χ1) is 14.5. The van der Waals surface area contributed by atoms with E-state index in [2.05, 4.69) is 20.3 Å². The molecular formula is C20H22N4O5S. The topological polar surface area (TPSA) is 115 Å². The van der Waals surface area contributed by atoms with Crippen molar-refractivity contribution in [1.82, 2.24) is 19.9 Å². The summed E-state index contributed by atoms with van der Waals surface area (Å²) in [6.45, 7) is 0.820. The summed E-state index contributed by atoms with van der Waals surface area (Å²) in [5.41, 5.74) is 1.48. The highest BCUT2D eigenvalue weighted by molar-refractivity contribution is 7.89. The van der Waals surface area contributed by atoms with Crippen LogP contribution in [0.5, 0.6) is 5.75 Å². The van der Waals surface area contributed by atoms with Gasteiger partial charge in [0.2, 0.25) is 15.9 Å². The van der Waals surface area contributed by atoms with E-state index in [1.54, 1.807) is 19.2 Å². The van der Waals surface area contributed by atoms with Crippen molar-refractivity contribution in [3.63, 3.8) is 0 Å². The average Bonchev–Trinajstić information content (AvgIpc) is 3.26. The summed E-state index contributed by atoms with van der Waals surface area (Å²) in [7, 11) is -2.24. The Labute approximate surface area is 174 Å². The minimum Gasteiger partial charge on any atom is -0.497 e. The summed E-state index contributed by atoms with van der Waals surface area (Å²) in [4.78, 5) is 12.7. The zero-order valence-electron chi connectivity index (χ0n) is 16.4. The monoisotopic (exact) mass is 430 g/mol. The smallest absolute Gasteiger partial charge is 0.245 e. The third-order valence-electron chi connectivity index (χ3n) is 5.22. The molecule has 1 N–H and O–H groups in total. The molecule has 0 saturated carbocycles. The largest absolute Gasteiger partial charge is 0.497 e. The Morgan fingerprint density at radius 2 is 2.10 bits per heavy atom. The van der Waals surface area contributed by atoms with Gasteiger partial charge in [0.15, 0.2) is 5.52 Å². The maximum Gasteiger partial charge on any atom is 0.245 e. The van der Waals surface area contributed by atoms with E-state index < -0.39 is 15.9 Å². The lowest BCUT2D eigenvalue weighted by molar-refractivity contribution is -0.126. The van der Waals surface area contributed by atoms with Crippen molar-refractivity contribution in [2.75, 3.05) is 20.2 Å². The second-order valence-electron chi connectivity index (χ2n) is 7.16. The molecule has 3 aromatic rings. The summed E-state index contributed by atoms with van der Waals surface area (Å²) in [6.07, 6.45) is 1.23. The van der Waals surface area contributed by atoms with Crippen LogP contribution in [0.2, 0.25) is 0 Å². The summed E-state index contributed by atoms with van der Waals surface area (Å²) >= 11 is 0. The number of fused-ring (bicyclic) bond motifs is 1. The molecular weight excluding hydrogens is 408 g/mol. The Bertz CT molecular complexity index is 1160. The van der Waals surface area contributed by atoms with Gasteiger partial charge in [-0.25, -0.2) is 13.0 Å². The Morgan fingerprint density at radius 3 is 2.93 bits per heavy atom. The lowest BCUT2D eigenvalue weighted by Crippen LogP contribution is -2.45. The van der Waals surface area contributed by atoms with E-state index in [9.17, 15) is 13.2 Å². The second kappa shape index (κ2) is 8.41. The predicted molar refractivity (Wildman–Crippen MR) is 108 cm³/mol. The first kappa shape index (κ1) is 20.3. The molecule has 30 heavy (non-hydrogen) atoms. The molecule has 0 radical (unpaired) electrons. The van der Waals surface area contributed by atoms with Crippen LogP contribution in [0.4, 0.5) is 0 Å². The molecule has 10 heteroatoms. The number of rotatable bonds is 6. The molecule has 9 nitrogen and oxygen atoms in total. The van der Waals surface area contributed by atoms with E-state index >= 15 is 0 Å². The number of carbonyl (C=O) groups is 1. The van der Waals surface area contributed by atoms with Crippen molar-refractivity contribution >= 4 is 27.0 Å². The maximum atomic E-state index is 13.2. The van der Waals surface area contributed by atoms with Crippen LogP contribution in [0.15, 0.2) is 52.0 Å². The molecule has 1 amide bonds. The van der Waals surface area contributed by atoms with E-state index in [1.165, 1.54) is 10.4 Å². The third-order valence-corrected chi connectivity index (χ3v) is 7.12. The molecule has 1 aliphatic rings. The lowest BCUT2D eigenvalue weighted by Gasteiger charge is -2.31. The number of amides is 1. The maximum absolute atomic E-state index is 13.2. The van der Waals surface area contributed by atoms with Crippen molar-refractivity contribution in [3.05, 3.63) is 48.0 Å². The Hall–Kier alpha value is -2.98. The van der Waals surface area contributed by atoms with E-state index in [0.29, 0.717) is 37.2 Å². The van der Waals surface area contributed by atoms with Crippen molar-refractivity contribution in [1.29, 1.82) is 0 Å². The van der Waals surface area contributed by atoms with Crippen molar-refractivity contribution in [2.45, 2.75) is 24.3 Å². The van der Waals surface area contributed by atoms with Crippen molar-refractivity contribution < 1.29 is 22.6 Å². The number of methoxy groups -OCH3 is 1. The van der Waals surface area contributed by atoms with Crippen LogP contribution >= 0.6 is 0 Å². The fraction of sp³-hybridized carbons (Fsp3) is 0.350. The molecule has 1 aromatic heterocycles. The van der Waals surface area contributed by atoms with E-state index in [0.717, 1.165) is 5.56 Å². The second-order valence-corrected chi connectivity index (χ2v) is 9.07. The van der Waals surface area contributed by atoms with Gasteiger partial charge in [0, 0.05) is 19.6 Å². The predicted octanol–water partition coefficient (Wildman–Crippen LogP) is 1.95. The number of benzene rings is 2. The summed E-state index contributed by atoms with van der Waals surface area (Å²) in [5.74, 6) is 0.126. The molecule has 4 rings (SSSR count). The number of nitrogens with zero attached hydrogens (tertiary/aromatic N) is 3. The SMILES string of the molecule is COc1cccc(CNC(=O)[C@H]2CCCN(S(=O)(=O)c3cccc4nonc34)C2)c1. The standard InChI is InChI=1S/C20H22N4O5S/c1-28-16-7-2-5-14(11-16)12-21-20(25)15-6-4-10-24(13-15)30(26,27)18-9-3-8-17-19(18)23-29-22-17/h2-3,5,7-9,11,15H,4,6,10,12-13H2,1H3,(H,21,25)/t15-/m0/s1. The van der Waals surface area contributed by atoms with Crippen LogP contribution in [0.25, 0.3) is 11.0 Å². The average molecular weight is 430 g/mol. The van der Waals surface area contributed by atoms with Crippen LogP contribution in [-0.2, 0) is 21.4 Å². The minimum atomic E-state index is -3.83. The molecule has 1 fully saturated rings. The molecule has 0 unspecified atom stereocenters. The lowest BCUT2D eigenvalue weighted by atomic mass is 9.99. The number of hydrogen-bond acceptors (Lipinski definition) is 7. The number of piperidine rings is 1. The van der Waals surface area contributed by atoms with Crippen LogP contribution in [0.3, 0.4) is 0 Å². The van der Waals surface area contributed by atoms with E-state index in [1.807, 2.05) is 24.3 Å². The van der Waals surface area contributed by atoms with Crippen LogP contribution in [-0.4, -0.2) is 49.1 Å². The first-order valence-corrected chi connectivity index (χ1v) is 11.0. The highest BCUT2D eigenvalue weighted by Crippen LogP contribution is 2.27. The van der Waals surface area contributed by atoms with Gasteiger partial charge in [-0.15, -0.1) is 0 Å². The molecule has 1 aliphatic heterocycles. The molecule has 2 heterocycles. The molecule has 158 valence electrons. The Morgan fingerprint density at radius 1 is 1.27 bits per heavy atom. The quantitative estimate of drug-likeness (QED) is 0.636. The van der Waals surface area contributed by atoms with Gasteiger partial charge in [0.05, 0.1) is 13.0 Å². The summed E-state index contributed by atoms with van der Waals surface area (Å²) in [5, 5.41) is 10.3. The molecule has 0 spiro atoms. The number of sulfonamides is 1. The van der Waals surface area contributed by atoms with Gasteiger partial charge in [0.1, 0.15) is 16.2 Å². The van der Waals surface area contributed by atoms with E-state index in [-0.39, 0.29) is 22.9 Å². The highest BCUT2D eigenvalue weighted by atomic mass is 32.2. The van der Waals surface area contributed by atoms with E-state index in [4.69, 9.17) is 4.74 Å². The number of hydrogen-bond donors (Lipinski definition) is 1. The zero-order valence-corrected chi connectivity index (χ0v) is 17.3. The van der Waals surface area contributed by atoms with Gasteiger partial charge in [-0.3, -0.25) is 4.79 Å². The van der Waals surface area contributed by atoms with Gasteiger partial charge in [-0.05, 0) is 53.0 Å². The number of nitrogens with one attached hydrogen (secondary N) is 1. The fourth-order valence-corrected chi connectivity index (χ4v) is 5.28. The van der Waals surface area contributed by atoms with Gasteiger partial charge < -0.3 is 10.1 Å². The summed E-state index contributed by atoms with van der Waals surface area (Å²) in [6, 6.07) is 12.2. The Balaban J connectivity index is 1.46. The van der Waals surface area contributed by atoms with Gasteiger partial charge in [-0.2, -0.15) is 4.31 Å². The molecule has 0 bridgehead atoms. The van der Waals surface area contributed by atoms with Gasteiger partial charge >= 0.3 is 0 Å².